The Labute approximate surface area is 72.4 Å². The molecule has 1 N–H and O–H groups in total. The first-order valence-electron chi connectivity index (χ1n) is 2.36. The number of carboxylic acid groups (broad SMARTS) is 1. The van der Waals surface area contributed by atoms with Crippen LogP contribution in [0.1, 0.15) is 10.4 Å². The average Bonchev–Trinajstić information content (AvgIpc) is 1.90. The molecule has 0 aliphatic carbocycles. The van der Waals surface area contributed by atoms with Crippen LogP contribution in [0.5, 0.6) is 0 Å². The van der Waals surface area contributed by atoms with Crippen LogP contribution in [0.3, 0.4) is 0 Å². The van der Waals surface area contributed by atoms with Crippen LogP contribution in [0.25, 0.3) is 0 Å². The first-order chi connectivity index (χ1) is 4.30. The van der Waals surface area contributed by atoms with Gasteiger partial charge in [-0.25, -0.2) is 4.79 Å². The maximum absolute atomic E-state index is 10.1. The smallest absolute Gasteiger partial charge is 0.312 e. The summed E-state index contributed by atoms with van der Waals surface area (Å²) in [5.41, 5.74) is 0.189. The van der Waals surface area contributed by atoms with Gasteiger partial charge in [0.25, 0.3) is 0 Å². The van der Waals surface area contributed by atoms with Crippen molar-refractivity contribution < 1.29 is 31.0 Å². The first-order valence-corrected chi connectivity index (χ1v) is 2.36. The molecule has 1 aromatic heterocycles. The summed E-state index contributed by atoms with van der Waals surface area (Å²) in [7, 11) is 0. The molecule has 0 atom stereocenters. The van der Waals surface area contributed by atoms with Crippen LogP contribution in [0.2, 0.25) is 0 Å². The van der Waals surface area contributed by atoms with Gasteiger partial charge in [-0.3, -0.25) is 0 Å². The fourth-order valence-electron chi connectivity index (χ4n) is 0.446. The van der Waals surface area contributed by atoms with Gasteiger partial charge in [-0.2, -0.15) is 12.1 Å². The fourth-order valence-corrected chi connectivity index (χ4v) is 0.446. The SMILES string of the molecule is O=C(O)c1cc[c-]nc1.[W]. The predicted molar refractivity (Wildman–Crippen MR) is 30.0 cm³/mol. The average molecular weight is 306 g/mol. The molecule has 1 aromatic rings. The number of hydrogen-bond donors (Lipinski definition) is 1. The maximum atomic E-state index is 10.1. The summed E-state index contributed by atoms with van der Waals surface area (Å²) in [6.07, 6.45) is 3.73. The quantitative estimate of drug-likeness (QED) is 0.772. The maximum Gasteiger partial charge on any atom is 0.312 e. The Morgan fingerprint density at radius 1 is 1.70 bits per heavy atom. The van der Waals surface area contributed by atoms with Gasteiger partial charge >= 0.3 is 5.97 Å². The van der Waals surface area contributed by atoms with E-state index in [0.29, 0.717) is 0 Å². The van der Waals surface area contributed by atoms with Crippen LogP contribution in [0.4, 0.5) is 0 Å². The number of nitrogens with zero attached hydrogens (tertiary/aromatic N) is 1. The van der Waals surface area contributed by atoms with Crippen molar-refractivity contribution in [1.29, 1.82) is 0 Å². The van der Waals surface area contributed by atoms with E-state index in [0.717, 1.165) is 0 Å². The second-order valence-electron chi connectivity index (χ2n) is 1.48. The molecule has 0 aromatic carbocycles. The zero-order valence-electron chi connectivity index (χ0n) is 4.94. The van der Waals surface area contributed by atoms with Crippen molar-refractivity contribution in [1.82, 2.24) is 4.98 Å². The summed E-state index contributed by atoms with van der Waals surface area (Å²) in [6, 6.07) is 2.90. The minimum atomic E-state index is -0.962. The molecule has 0 amide bonds. The molecule has 0 fully saturated rings. The molecule has 52 valence electrons. The van der Waals surface area contributed by atoms with Crippen molar-refractivity contribution in [3.05, 3.63) is 30.1 Å². The van der Waals surface area contributed by atoms with Gasteiger partial charge < -0.3 is 10.1 Å². The van der Waals surface area contributed by atoms with E-state index in [-0.39, 0.29) is 26.6 Å². The number of aromatic carboxylic acids is 1. The number of aromatic nitrogens is 1. The van der Waals surface area contributed by atoms with E-state index < -0.39 is 5.97 Å². The molecular weight excluding hydrogens is 302 g/mol. The normalized spacial score (nSPS) is 8.00. The molecule has 0 unspecified atom stereocenters. The van der Waals surface area contributed by atoms with Crippen molar-refractivity contribution in [2.45, 2.75) is 0 Å². The molecule has 0 aliphatic heterocycles. The Kier molecular flexibility index (Phi) is 3.89. The molecule has 0 saturated heterocycles. The third kappa shape index (κ3) is 2.27. The summed E-state index contributed by atoms with van der Waals surface area (Å²) in [5, 5.41) is 8.33. The molecule has 0 saturated carbocycles. The van der Waals surface area contributed by atoms with E-state index in [2.05, 4.69) is 11.2 Å². The number of carboxylic acids is 1. The van der Waals surface area contributed by atoms with Crippen molar-refractivity contribution in [3.63, 3.8) is 0 Å². The van der Waals surface area contributed by atoms with E-state index in [1.54, 1.807) is 0 Å². The van der Waals surface area contributed by atoms with Gasteiger partial charge in [-0.15, -0.1) is 0 Å². The molecule has 3 nitrogen and oxygen atoms in total. The van der Waals surface area contributed by atoms with Gasteiger partial charge in [-0.05, 0) is 5.56 Å². The van der Waals surface area contributed by atoms with Crippen molar-refractivity contribution in [2.24, 2.45) is 0 Å². The summed E-state index contributed by atoms with van der Waals surface area (Å²) >= 11 is 0. The molecule has 1 rings (SSSR count). The number of hydrogen-bond acceptors (Lipinski definition) is 2. The second kappa shape index (κ2) is 4.18. The summed E-state index contributed by atoms with van der Waals surface area (Å²) in [5.74, 6) is -0.962. The molecule has 4 heteroatoms. The predicted octanol–water partition coefficient (Wildman–Crippen LogP) is 0.577. The zero-order chi connectivity index (χ0) is 6.69. The number of carbonyl (C=O) groups is 1. The first kappa shape index (κ1) is 9.31. The summed E-state index contributed by atoms with van der Waals surface area (Å²) in [6.45, 7) is 0. The molecule has 10 heavy (non-hydrogen) atoms. The fraction of sp³-hybridized carbons (Fsp3) is 0. The Morgan fingerprint density at radius 2 is 2.40 bits per heavy atom. The van der Waals surface area contributed by atoms with Crippen molar-refractivity contribution in [3.8, 4) is 0 Å². The third-order valence-electron chi connectivity index (χ3n) is 0.863. The monoisotopic (exact) mass is 306 g/mol. The van der Waals surface area contributed by atoms with Crippen LogP contribution in [0.15, 0.2) is 18.3 Å². The molecule has 0 bridgehead atoms. The molecule has 1 heterocycles. The Balaban J connectivity index is 0.000000810. The second-order valence-corrected chi connectivity index (χ2v) is 1.48. The van der Waals surface area contributed by atoms with Crippen LogP contribution in [0, 0.1) is 6.20 Å². The largest absolute Gasteiger partial charge is 0.479 e. The van der Waals surface area contributed by atoms with Gasteiger partial charge in [0.1, 0.15) is 0 Å². The van der Waals surface area contributed by atoms with E-state index in [1.807, 2.05) is 0 Å². The van der Waals surface area contributed by atoms with Gasteiger partial charge in [0.15, 0.2) is 0 Å². The van der Waals surface area contributed by atoms with E-state index in [4.69, 9.17) is 5.11 Å². The Hall–Kier alpha value is -0.692. The van der Waals surface area contributed by atoms with Crippen LogP contribution in [-0.4, -0.2) is 16.1 Å². The van der Waals surface area contributed by atoms with E-state index in [1.165, 1.54) is 18.3 Å². The summed E-state index contributed by atoms with van der Waals surface area (Å²) < 4.78 is 0. The number of rotatable bonds is 1. The van der Waals surface area contributed by atoms with Gasteiger partial charge in [0, 0.05) is 21.1 Å². The molecule has 0 spiro atoms. The van der Waals surface area contributed by atoms with E-state index >= 15 is 0 Å². The zero-order valence-corrected chi connectivity index (χ0v) is 7.88. The Bertz CT molecular complexity index is 212. The number of pyridine rings is 1. The van der Waals surface area contributed by atoms with Crippen LogP contribution in [-0.2, 0) is 21.1 Å². The topological polar surface area (TPSA) is 50.2 Å². The summed E-state index contributed by atoms with van der Waals surface area (Å²) in [4.78, 5) is 13.6. The van der Waals surface area contributed by atoms with Crippen LogP contribution < -0.4 is 0 Å². The molecule has 0 radical (unpaired) electrons. The van der Waals surface area contributed by atoms with Gasteiger partial charge in [0.05, 0.1) is 0 Å². The third-order valence-corrected chi connectivity index (χ3v) is 0.863. The minimum absolute atomic E-state index is 0. The van der Waals surface area contributed by atoms with Crippen molar-refractivity contribution >= 4 is 5.97 Å². The van der Waals surface area contributed by atoms with Crippen LogP contribution >= 0.6 is 0 Å². The van der Waals surface area contributed by atoms with Gasteiger partial charge in [0.2, 0.25) is 0 Å². The Morgan fingerprint density at radius 3 is 2.70 bits per heavy atom. The standard InChI is InChI=1S/C6H4NO2.W/c8-6(9)5-2-1-3-7-4-5;/h1-2,4H,(H,8,9);/q-1;. The van der Waals surface area contributed by atoms with Gasteiger partial charge in [-0.1, -0.05) is 12.4 Å². The van der Waals surface area contributed by atoms with E-state index in [9.17, 15) is 4.79 Å². The molecular formula is C6H4NO2W-. The van der Waals surface area contributed by atoms with Crippen molar-refractivity contribution in [2.75, 3.05) is 0 Å². The minimum Gasteiger partial charge on any atom is -0.479 e. The molecule has 0 aliphatic rings.